The highest BCUT2D eigenvalue weighted by Crippen LogP contribution is 2.46. The molecule has 1 fully saturated rings. The highest BCUT2D eigenvalue weighted by atomic mass is 35.5. The largest absolute Gasteiger partial charge is 0.292 e. The van der Waals surface area contributed by atoms with E-state index in [-0.39, 0.29) is 5.54 Å². The Morgan fingerprint density at radius 2 is 1.92 bits per heavy atom. The fourth-order valence-corrected chi connectivity index (χ4v) is 1.89. The first-order valence-corrected chi connectivity index (χ1v) is 5.32. The van der Waals surface area contributed by atoms with Crippen molar-refractivity contribution in [3.05, 3.63) is 10.6 Å². The van der Waals surface area contributed by atoms with Crippen LogP contribution in [0.15, 0.2) is 10.6 Å². The number of hydrogen-bond acceptors (Lipinski definition) is 1. The van der Waals surface area contributed by atoms with Crippen molar-refractivity contribution in [2.75, 3.05) is 13.1 Å². The lowest BCUT2D eigenvalue weighted by Gasteiger charge is -2.61. The Morgan fingerprint density at radius 1 is 1.38 bits per heavy atom. The number of rotatable bonds is 2. The van der Waals surface area contributed by atoms with Crippen LogP contribution in [0, 0.1) is 5.41 Å². The summed E-state index contributed by atoms with van der Waals surface area (Å²) in [6.07, 6.45) is 0. The first-order valence-electron chi connectivity index (χ1n) is 4.51. The van der Waals surface area contributed by atoms with E-state index in [4.69, 9.17) is 23.2 Å². The molecule has 0 spiro atoms. The quantitative estimate of drug-likeness (QED) is 0.691. The molecule has 1 saturated heterocycles. The molecule has 0 bridgehead atoms. The third-order valence-corrected chi connectivity index (χ3v) is 4.10. The van der Waals surface area contributed by atoms with Gasteiger partial charge in [0.15, 0.2) is 0 Å². The number of halogens is 2. The van der Waals surface area contributed by atoms with Gasteiger partial charge in [-0.25, -0.2) is 0 Å². The summed E-state index contributed by atoms with van der Waals surface area (Å²) < 4.78 is 0. The molecule has 3 heteroatoms. The van der Waals surface area contributed by atoms with E-state index in [0.717, 1.165) is 13.1 Å². The lowest BCUT2D eigenvalue weighted by molar-refractivity contribution is -0.109. The average Bonchev–Trinajstić information content (AvgIpc) is 2.03. The first kappa shape index (κ1) is 11.4. The highest BCUT2D eigenvalue weighted by molar-refractivity contribution is 6.36. The summed E-state index contributed by atoms with van der Waals surface area (Å²) in [6.45, 7) is 10.9. The van der Waals surface area contributed by atoms with Crippen LogP contribution < -0.4 is 0 Å². The smallest absolute Gasteiger partial charge is 0.0434 e. The molecule has 1 aliphatic heterocycles. The van der Waals surface area contributed by atoms with Crippen molar-refractivity contribution in [3.8, 4) is 0 Å². The van der Waals surface area contributed by atoms with Gasteiger partial charge in [-0.05, 0) is 19.3 Å². The van der Waals surface area contributed by atoms with Crippen LogP contribution in [0.5, 0.6) is 0 Å². The Kier molecular flexibility index (Phi) is 3.01. The fraction of sp³-hybridized carbons (Fsp3) is 0.800. The van der Waals surface area contributed by atoms with E-state index in [1.165, 1.54) is 5.54 Å². The predicted octanol–water partition coefficient (Wildman–Crippen LogP) is 3.43. The second kappa shape index (κ2) is 3.45. The van der Waals surface area contributed by atoms with Gasteiger partial charge in [0.25, 0.3) is 0 Å². The van der Waals surface area contributed by atoms with Crippen LogP contribution in [0.3, 0.4) is 0 Å². The van der Waals surface area contributed by atoms with Gasteiger partial charge < -0.3 is 0 Å². The summed E-state index contributed by atoms with van der Waals surface area (Å²) in [5.41, 5.74) is 2.03. The van der Waals surface area contributed by atoms with Crippen LogP contribution >= 0.6 is 23.2 Å². The van der Waals surface area contributed by atoms with Gasteiger partial charge in [-0.1, -0.05) is 37.0 Å². The molecule has 1 heterocycles. The van der Waals surface area contributed by atoms with Gasteiger partial charge in [0.1, 0.15) is 0 Å². The second-order valence-electron chi connectivity index (χ2n) is 4.85. The molecule has 0 aliphatic carbocycles. The summed E-state index contributed by atoms with van der Waals surface area (Å²) in [6, 6.07) is 0. The van der Waals surface area contributed by atoms with Gasteiger partial charge in [0.2, 0.25) is 0 Å². The highest BCUT2D eigenvalue weighted by Gasteiger charge is 2.51. The van der Waals surface area contributed by atoms with E-state index in [2.05, 4.69) is 32.6 Å². The van der Waals surface area contributed by atoms with Crippen LogP contribution in [-0.2, 0) is 0 Å². The molecule has 76 valence electrons. The summed E-state index contributed by atoms with van der Waals surface area (Å²) >= 11 is 11.4. The Hall–Kier alpha value is 0.280. The van der Waals surface area contributed by atoms with Gasteiger partial charge in [-0.2, -0.15) is 0 Å². The van der Waals surface area contributed by atoms with Crippen molar-refractivity contribution in [2.45, 2.75) is 33.2 Å². The van der Waals surface area contributed by atoms with Gasteiger partial charge in [0, 0.05) is 29.2 Å². The molecular weight excluding hydrogens is 205 g/mol. The second-order valence-corrected chi connectivity index (χ2v) is 5.56. The van der Waals surface area contributed by atoms with Crippen molar-refractivity contribution in [3.63, 3.8) is 0 Å². The molecule has 1 aliphatic rings. The van der Waals surface area contributed by atoms with Crippen LogP contribution in [0.25, 0.3) is 0 Å². The molecule has 0 amide bonds. The molecule has 0 saturated carbocycles. The number of hydrogen-bond donors (Lipinski definition) is 0. The maximum atomic E-state index is 5.88. The molecular formula is C10H17Cl2N. The molecule has 13 heavy (non-hydrogen) atoms. The third-order valence-electron chi connectivity index (χ3n) is 3.49. The fourth-order valence-electron chi connectivity index (χ4n) is 1.68. The minimum atomic E-state index is 0.215. The summed E-state index contributed by atoms with van der Waals surface area (Å²) in [4.78, 5) is 2.34. The van der Waals surface area contributed by atoms with Crippen molar-refractivity contribution in [2.24, 2.45) is 5.41 Å². The average molecular weight is 222 g/mol. The zero-order chi connectivity index (χ0) is 10.3. The zero-order valence-corrected chi connectivity index (χ0v) is 10.2. The molecule has 0 N–H and O–H groups in total. The SMILES string of the molecule is CC1(C)CN(C/C(Cl)=C/Cl)C1(C)C. The molecule has 0 unspecified atom stereocenters. The lowest BCUT2D eigenvalue weighted by atomic mass is 9.65. The van der Waals surface area contributed by atoms with E-state index in [0.29, 0.717) is 10.4 Å². The van der Waals surface area contributed by atoms with E-state index in [1.807, 2.05) is 0 Å². The maximum absolute atomic E-state index is 5.88. The lowest BCUT2D eigenvalue weighted by Crippen LogP contribution is -2.69. The topological polar surface area (TPSA) is 3.24 Å². The van der Waals surface area contributed by atoms with Gasteiger partial charge in [-0.3, -0.25) is 4.90 Å². The Bertz CT molecular complexity index is 231. The monoisotopic (exact) mass is 221 g/mol. The van der Waals surface area contributed by atoms with Crippen molar-refractivity contribution in [1.29, 1.82) is 0 Å². The van der Waals surface area contributed by atoms with Gasteiger partial charge in [-0.15, -0.1) is 0 Å². The predicted molar refractivity (Wildman–Crippen MR) is 59.2 cm³/mol. The Morgan fingerprint density at radius 3 is 2.23 bits per heavy atom. The standard InChI is InChI=1S/C10H17Cl2N/c1-9(2)7-13(10(9,3)4)6-8(12)5-11/h5H,6-7H2,1-4H3/b8-5-. The third kappa shape index (κ3) is 1.88. The molecule has 0 aromatic carbocycles. The molecule has 0 aromatic heterocycles. The van der Waals surface area contributed by atoms with Gasteiger partial charge >= 0.3 is 0 Å². The van der Waals surface area contributed by atoms with E-state index in [9.17, 15) is 0 Å². The molecule has 1 nitrogen and oxygen atoms in total. The van der Waals surface area contributed by atoms with Gasteiger partial charge in [0.05, 0.1) is 0 Å². The van der Waals surface area contributed by atoms with E-state index >= 15 is 0 Å². The Labute approximate surface area is 90.7 Å². The normalized spacial score (nSPS) is 27.1. The van der Waals surface area contributed by atoms with Crippen molar-refractivity contribution in [1.82, 2.24) is 4.90 Å². The summed E-state index contributed by atoms with van der Waals surface area (Å²) in [5, 5.41) is 0.713. The number of nitrogens with zero attached hydrogens (tertiary/aromatic N) is 1. The maximum Gasteiger partial charge on any atom is 0.0434 e. The van der Waals surface area contributed by atoms with Crippen molar-refractivity contribution >= 4 is 23.2 Å². The number of likely N-dealkylation sites (tertiary alicyclic amines) is 1. The van der Waals surface area contributed by atoms with Crippen LogP contribution in [0.1, 0.15) is 27.7 Å². The minimum absolute atomic E-state index is 0.215. The van der Waals surface area contributed by atoms with Crippen molar-refractivity contribution < 1.29 is 0 Å². The van der Waals surface area contributed by atoms with E-state index in [1.54, 1.807) is 0 Å². The molecule has 0 aromatic rings. The summed E-state index contributed by atoms with van der Waals surface area (Å²) in [5.74, 6) is 0. The first-order chi connectivity index (χ1) is 5.81. The van der Waals surface area contributed by atoms with Crippen LogP contribution in [0.2, 0.25) is 0 Å². The van der Waals surface area contributed by atoms with E-state index < -0.39 is 0 Å². The Balaban J connectivity index is 2.60. The van der Waals surface area contributed by atoms with Crippen LogP contribution in [-0.4, -0.2) is 23.5 Å². The minimum Gasteiger partial charge on any atom is -0.292 e. The zero-order valence-electron chi connectivity index (χ0n) is 8.69. The molecule has 0 atom stereocenters. The summed E-state index contributed by atoms with van der Waals surface area (Å²) in [7, 11) is 0. The molecule has 0 radical (unpaired) electrons. The molecule has 1 rings (SSSR count). The van der Waals surface area contributed by atoms with Crippen LogP contribution in [0.4, 0.5) is 0 Å².